The summed E-state index contributed by atoms with van der Waals surface area (Å²) in [4.78, 5) is 197. The highest BCUT2D eigenvalue weighted by atomic mass is 32.2. The Labute approximate surface area is 671 Å². The number of carbonyl (C=O) groups excluding carboxylic acids is 13. The molecule has 9 aromatic carbocycles. The molecule has 3 saturated heterocycles. The van der Waals surface area contributed by atoms with Crippen LogP contribution < -0.4 is 0 Å². The van der Waals surface area contributed by atoms with Gasteiger partial charge in [0.1, 0.15) is 48.5 Å². The molecular weight excluding hydrogens is 1530 g/mol. The molecule has 0 unspecified atom stereocenters. The molecule has 15 atom stereocenters. The number of ether oxygens (including phenoxy) is 12. The van der Waals surface area contributed by atoms with E-state index in [-0.39, 0.29) is 72.5 Å². The molecule has 0 bridgehead atoms. The minimum atomic E-state index is -2.23. The van der Waals surface area contributed by atoms with Gasteiger partial charge in [0, 0.05) is 6.92 Å². The monoisotopic (exact) mass is 1600 g/mol. The number of fused-ring (bicyclic) bond motifs is 3. The van der Waals surface area contributed by atoms with E-state index in [4.69, 9.17) is 56.8 Å². The first-order chi connectivity index (χ1) is 56.8. The molecule has 6 heterocycles. The molecule has 29 heteroatoms. The summed E-state index contributed by atoms with van der Waals surface area (Å²) >= 11 is 1.06. The Hall–Kier alpha value is -13.2. The molecular formula is C88H71N3O25S. The van der Waals surface area contributed by atoms with Gasteiger partial charge in [0.05, 0.1) is 80.0 Å². The van der Waals surface area contributed by atoms with E-state index in [9.17, 15) is 33.6 Å². The van der Waals surface area contributed by atoms with Crippen LogP contribution in [0, 0.1) is 0 Å². The molecule has 6 amide bonds. The van der Waals surface area contributed by atoms with Crippen LogP contribution in [-0.4, -0.2) is 209 Å². The van der Waals surface area contributed by atoms with E-state index in [2.05, 4.69) is 0 Å². The van der Waals surface area contributed by atoms with Gasteiger partial charge in [0.2, 0.25) is 0 Å². The Kier molecular flexibility index (Phi) is 23.6. The minimum absolute atomic E-state index is 0.00236. The van der Waals surface area contributed by atoms with Crippen molar-refractivity contribution in [1.82, 2.24) is 14.7 Å². The molecule has 9 aromatic rings. The zero-order valence-corrected chi connectivity index (χ0v) is 63.0. The molecule has 6 aliphatic rings. The highest BCUT2D eigenvalue weighted by Crippen LogP contribution is 2.44. The van der Waals surface area contributed by atoms with Crippen molar-refractivity contribution in [1.29, 1.82) is 0 Å². The molecule has 0 aliphatic carbocycles. The summed E-state index contributed by atoms with van der Waals surface area (Å²) in [7, 11) is 0. The van der Waals surface area contributed by atoms with Gasteiger partial charge >= 0.3 is 41.8 Å². The lowest BCUT2D eigenvalue weighted by molar-refractivity contribution is -0.315. The predicted octanol–water partition coefficient (Wildman–Crippen LogP) is 9.86. The Morgan fingerprint density at radius 1 is 0.299 bits per heavy atom. The number of thioether (sulfide) groups is 1. The second-order valence-corrected chi connectivity index (χ2v) is 28.9. The standard InChI is InChI=1S/C88H71N3O25S/c1-3-117-88-67(91-78(97)60-44-26-27-45-61(60)79(91)98)73(116-85(104)55-38-20-9-21-39-55)70(113-82(101)52-32-14-6-15-33-52)64(110-88)48-107-87-66(90-76(95)58-42-24-25-43-59(58)77(90)96)72(115-84(103)54-36-18-8-19-37-54)69(112-81(100)51-30-12-5-13-31-51)63(109-87)47-106-86-65(89-74(93)56-40-22-23-41-57(56)75(89)94)71(114-83(102)53-34-16-7-17-35-53)68(62(108-86)46-105-49(2)92)111-80(99)50-28-10-4-11-29-50/h4-45,62-73,86-88H,3,46-48H2,1-2H3/t62-,63-,64-,65-,66-,67-,68-,69-,70-,71-,72-,73-,86-,87-,88+/m1/s1. The van der Waals surface area contributed by atoms with Crippen LogP contribution in [0.25, 0.3) is 0 Å². The SMILES string of the molecule is CCS[C@@H]1O[C@H](CO[C@@H]2O[C@H](CO[C@@H]3O[C@H](COC(C)=O)[C@@H](OC(=O)c4ccccc4)[C@H](OC(=O)c4ccccc4)[C@H]3N3C(=O)c4ccccc4C3=O)[C@@H](OC(=O)c3ccccc3)[C@H](OC(=O)c3ccccc3)[C@H]2N2C(=O)c3ccccc3C2=O)[C@@H](OC(=O)c2ccccc2)[C@H](OC(=O)c2ccccc2)[C@H]1N1C(=O)c2ccccc2C1=O. The molecule has 0 spiro atoms. The van der Waals surface area contributed by atoms with E-state index in [0.29, 0.717) is 9.80 Å². The molecule has 3 fully saturated rings. The molecule has 15 rings (SSSR count). The summed E-state index contributed by atoms with van der Waals surface area (Å²) in [6.45, 7) is -0.0000312. The average Bonchev–Trinajstić information content (AvgIpc) is 1.66. The van der Waals surface area contributed by atoms with Crippen molar-refractivity contribution in [3.8, 4) is 0 Å². The fourth-order valence-electron chi connectivity index (χ4n) is 14.9. The van der Waals surface area contributed by atoms with Crippen LogP contribution in [0.4, 0.5) is 0 Å². The van der Waals surface area contributed by atoms with Gasteiger partial charge < -0.3 is 56.8 Å². The van der Waals surface area contributed by atoms with Crippen LogP contribution in [0.1, 0.15) is 138 Å². The van der Waals surface area contributed by atoms with Crippen molar-refractivity contribution in [2.24, 2.45) is 0 Å². The molecule has 6 aliphatic heterocycles. The van der Waals surface area contributed by atoms with E-state index >= 15 is 28.8 Å². The van der Waals surface area contributed by atoms with Crippen LogP contribution >= 0.6 is 11.8 Å². The van der Waals surface area contributed by atoms with Crippen LogP contribution in [0.15, 0.2) is 255 Å². The van der Waals surface area contributed by atoms with Crippen molar-refractivity contribution >= 4 is 89.0 Å². The maximum Gasteiger partial charge on any atom is 0.338 e. The van der Waals surface area contributed by atoms with Gasteiger partial charge in [-0.05, 0) is 115 Å². The highest BCUT2D eigenvalue weighted by molar-refractivity contribution is 7.99. The fourth-order valence-corrected chi connectivity index (χ4v) is 15.9. The third kappa shape index (κ3) is 16.2. The van der Waals surface area contributed by atoms with Crippen molar-refractivity contribution in [2.45, 2.75) is 105 Å². The molecule has 117 heavy (non-hydrogen) atoms. The van der Waals surface area contributed by atoms with Gasteiger partial charge in [0.25, 0.3) is 35.4 Å². The Morgan fingerprint density at radius 3 is 0.778 bits per heavy atom. The number of rotatable bonds is 25. The Bertz CT molecular complexity index is 5200. The molecule has 594 valence electrons. The summed E-state index contributed by atoms with van der Waals surface area (Å²) in [5.74, 6) is -12.8. The fraction of sp³-hybridized carbons (Fsp3) is 0.239. The first kappa shape index (κ1) is 79.1. The molecule has 0 N–H and O–H groups in total. The van der Waals surface area contributed by atoms with E-state index in [1.807, 2.05) is 0 Å². The summed E-state index contributed by atoms with van der Waals surface area (Å²) in [5.41, 5.74) is -2.40. The topological polar surface area (TPSA) is 342 Å². The largest absolute Gasteiger partial charge is 0.463 e. The lowest BCUT2D eigenvalue weighted by Crippen LogP contribution is -2.70. The van der Waals surface area contributed by atoms with Crippen LogP contribution in [0.3, 0.4) is 0 Å². The first-order valence-electron chi connectivity index (χ1n) is 37.3. The number of benzene rings is 9. The molecule has 28 nitrogen and oxygen atoms in total. The van der Waals surface area contributed by atoms with Gasteiger partial charge in [-0.1, -0.05) is 153 Å². The average molecular weight is 1600 g/mol. The number of nitrogens with zero attached hydrogens (tertiary/aromatic N) is 3. The number of carbonyl (C=O) groups is 13. The van der Waals surface area contributed by atoms with Crippen molar-refractivity contribution in [2.75, 3.05) is 25.6 Å². The van der Waals surface area contributed by atoms with Crippen molar-refractivity contribution in [3.05, 3.63) is 322 Å². The number of esters is 7. The van der Waals surface area contributed by atoms with Crippen LogP contribution in [0.2, 0.25) is 0 Å². The van der Waals surface area contributed by atoms with Gasteiger partial charge in [-0.2, -0.15) is 0 Å². The maximum atomic E-state index is 15.6. The van der Waals surface area contributed by atoms with Gasteiger partial charge in [-0.3, -0.25) is 48.3 Å². The van der Waals surface area contributed by atoms with Gasteiger partial charge in [-0.15, -0.1) is 11.8 Å². The van der Waals surface area contributed by atoms with E-state index in [1.165, 1.54) is 182 Å². The van der Waals surface area contributed by atoms with Crippen molar-refractivity contribution in [3.63, 3.8) is 0 Å². The maximum absolute atomic E-state index is 15.6. The number of amides is 6. The Morgan fingerprint density at radius 2 is 0.521 bits per heavy atom. The number of hydrogen-bond donors (Lipinski definition) is 0. The second kappa shape index (κ2) is 34.9. The predicted molar refractivity (Wildman–Crippen MR) is 409 cm³/mol. The quantitative estimate of drug-likeness (QED) is 0.0292. The molecule has 0 radical (unpaired) electrons. The lowest BCUT2D eigenvalue weighted by Gasteiger charge is -2.50. The van der Waals surface area contributed by atoms with E-state index in [0.717, 1.165) is 23.6 Å². The highest BCUT2D eigenvalue weighted by Gasteiger charge is 2.63. The molecule has 0 saturated carbocycles. The van der Waals surface area contributed by atoms with Crippen LogP contribution in [0.5, 0.6) is 0 Å². The third-order valence-electron chi connectivity index (χ3n) is 20.4. The van der Waals surface area contributed by atoms with E-state index in [1.54, 1.807) is 79.7 Å². The zero-order chi connectivity index (χ0) is 81.5. The lowest BCUT2D eigenvalue weighted by atomic mass is 9.93. The van der Waals surface area contributed by atoms with Gasteiger partial charge in [0.15, 0.2) is 49.2 Å². The van der Waals surface area contributed by atoms with Crippen molar-refractivity contribution < 1.29 is 119 Å². The first-order valence-corrected chi connectivity index (χ1v) is 38.3. The summed E-state index contributed by atoms with van der Waals surface area (Å²) < 4.78 is 79.4. The smallest absolute Gasteiger partial charge is 0.338 e. The minimum Gasteiger partial charge on any atom is -0.463 e. The summed E-state index contributed by atoms with van der Waals surface area (Å²) in [5, 5.41) is 0. The van der Waals surface area contributed by atoms with Crippen LogP contribution in [-0.2, 0) is 61.6 Å². The number of imide groups is 3. The summed E-state index contributed by atoms with van der Waals surface area (Å²) in [6.07, 6.45) is -22.0. The summed E-state index contributed by atoms with van der Waals surface area (Å²) in [6, 6.07) is 56.7. The Balaban J connectivity index is 0.890. The van der Waals surface area contributed by atoms with Gasteiger partial charge in [-0.25, -0.2) is 28.8 Å². The van der Waals surface area contributed by atoms with E-state index < -0.39 is 188 Å². The second-order valence-electron chi connectivity index (χ2n) is 27.5. The zero-order valence-electron chi connectivity index (χ0n) is 62.2. The normalized spacial score (nSPS) is 24.5. The number of hydrogen-bond acceptors (Lipinski definition) is 26. The molecule has 0 aromatic heterocycles. The third-order valence-corrected chi connectivity index (χ3v) is 21.4.